The van der Waals surface area contributed by atoms with Crippen LogP contribution in [0.15, 0.2) is 12.2 Å². The number of carbonyl (C=O) groups is 2. The Kier molecular flexibility index (Phi) is 43.1. The van der Waals surface area contributed by atoms with Gasteiger partial charge in [0.2, 0.25) is 0 Å². The number of unbranched alkanes of at least 4 members (excludes halogenated alkanes) is 32. The number of nitrogens with zero attached hydrogens (tertiary/aromatic N) is 1. The third-order valence-electron chi connectivity index (χ3n) is 11.5. The lowest BCUT2D eigenvalue weighted by Crippen LogP contribution is -2.37. The molecule has 0 fully saturated rings. The van der Waals surface area contributed by atoms with Gasteiger partial charge in [0.1, 0.15) is 19.8 Å². The summed E-state index contributed by atoms with van der Waals surface area (Å²) >= 11 is 0. The molecule has 0 heterocycles. The third-order valence-corrected chi connectivity index (χ3v) is 12.5. The standard InChI is InChI=1S/C51H100NO8P/c1-6-8-10-12-14-16-18-20-21-22-23-24-25-26-27-28-29-30-31-32-34-35-37-39-41-43-50(53)57-47-49(48-59-61(55,56)58-46-45-52(3,4)5)60-51(54)44-42-40-38-36-33-19-17-15-13-11-9-7-2/h15,17,49H,6-14,16,18-48H2,1-5H3/p+1/b17-15-. The fourth-order valence-electron chi connectivity index (χ4n) is 7.48. The van der Waals surface area contributed by atoms with Crippen LogP contribution < -0.4 is 0 Å². The number of quaternary nitrogens is 1. The second-order valence-corrected chi connectivity index (χ2v) is 20.4. The van der Waals surface area contributed by atoms with Gasteiger partial charge in [-0.25, -0.2) is 4.57 Å². The number of allylic oxidation sites excluding steroid dienone is 2. The fourth-order valence-corrected chi connectivity index (χ4v) is 8.22. The van der Waals surface area contributed by atoms with Gasteiger partial charge >= 0.3 is 19.8 Å². The van der Waals surface area contributed by atoms with Crippen LogP contribution in [0.1, 0.15) is 251 Å². The number of phosphoric acid groups is 1. The van der Waals surface area contributed by atoms with Crippen LogP contribution in [0.25, 0.3) is 0 Å². The molecule has 2 atom stereocenters. The molecule has 0 radical (unpaired) electrons. The molecule has 0 aromatic rings. The monoisotopic (exact) mass is 887 g/mol. The number of likely N-dealkylation sites (N-methyl/N-ethyl adjacent to an activating group) is 1. The molecule has 0 aliphatic carbocycles. The molecule has 0 rings (SSSR count). The summed E-state index contributed by atoms with van der Waals surface area (Å²) in [5.41, 5.74) is 0. The van der Waals surface area contributed by atoms with E-state index >= 15 is 0 Å². The van der Waals surface area contributed by atoms with Crippen molar-refractivity contribution in [2.45, 2.75) is 258 Å². The zero-order chi connectivity index (χ0) is 45.0. The molecule has 0 bridgehead atoms. The maximum absolute atomic E-state index is 12.7. The van der Waals surface area contributed by atoms with Gasteiger partial charge in [-0.05, 0) is 38.5 Å². The van der Waals surface area contributed by atoms with Gasteiger partial charge in [0, 0.05) is 12.8 Å². The van der Waals surface area contributed by atoms with Crippen LogP contribution in [0.3, 0.4) is 0 Å². The maximum atomic E-state index is 12.7. The molecule has 10 heteroatoms. The van der Waals surface area contributed by atoms with E-state index < -0.39 is 26.5 Å². The summed E-state index contributed by atoms with van der Waals surface area (Å²) in [5, 5.41) is 0. The van der Waals surface area contributed by atoms with E-state index in [1.807, 2.05) is 21.1 Å². The molecule has 0 amide bonds. The van der Waals surface area contributed by atoms with E-state index in [-0.39, 0.29) is 25.6 Å². The first-order valence-corrected chi connectivity index (χ1v) is 27.4. The molecule has 0 spiro atoms. The largest absolute Gasteiger partial charge is 0.472 e. The zero-order valence-electron chi connectivity index (χ0n) is 40.9. The van der Waals surface area contributed by atoms with E-state index in [9.17, 15) is 19.0 Å². The Labute approximate surface area is 377 Å². The van der Waals surface area contributed by atoms with Crippen molar-refractivity contribution in [1.82, 2.24) is 0 Å². The number of ether oxygens (including phenoxy) is 2. The SMILES string of the molecule is CCCCC/C=C\CCCCCCCC(=O)OC(COC(=O)CCCCCCCCCCCCCCCCCCCCCCCCCCC)COP(=O)(O)OCC[N+](C)(C)C. The average Bonchev–Trinajstić information content (AvgIpc) is 3.21. The predicted molar refractivity (Wildman–Crippen MR) is 257 cm³/mol. The normalized spacial score (nSPS) is 13.5. The highest BCUT2D eigenvalue weighted by Crippen LogP contribution is 2.43. The van der Waals surface area contributed by atoms with Gasteiger partial charge in [0.25, 0.3) is 0 Å². The number of carbonyl (C=O) groups excluding carboxylic acids is 2. The fraction of sp³-hybridized carbons (Fsp3) is 0.922. The molecule has 61 heavy (non-hydrogen) atoms. The average molecular weight is 887 g/mol. The minimum absolute atomic E-state index is 0.0333. The lowest BCUT2D eigenvalue weighted by molar-refractivity contribution is -0.870. The Morgan fingerprint density at radius 2 is 0.836 bits per heavy atom. The lowest BCUT2D eigenvalue weighted by atomic mass is 10.0. The first-order chi connectivity index (χ1) is 29.5. The topological polar surface area (TPSA) is 108 Å². The summed E-state index contributed by atoms with van der Waals surface area (Å²) in [7, 11) is 1.48. The van der Waals surface area contributed by atoms with Crippen LogP contribution >= 0.6 is 7.82 Å². The van der Waals surface area contributed by atoms with Crippen LogP contribution in [0.5, 0.6) is 0 Å². The van der Waals surface area contributed by atoms with Crippen LogP contribution in [0.2, 0.25) is 0 Å². The highest BCUT2D eigenvalue weighted by atomic mass is 31.2. The van der Waals surface area contributed by atoms with Crippen molar-refractivity contribution in [3.05, 3.63) is 12.2 Å². The van der Waals surface area contributed by atoms with E-state index in [1.165, 1.54) is 167 Å². The molecule has 0 aromatic heterocycles. The van der Waals surface area contributed by atoms with E-state index in [4.69, 9.17) is 18.5 Å². The molecule has 9 nitrogen and oxygen atoms in total. The second-order valence-electron chi connectivity index (χ2n) is 18.9. The van der Waals surface area contributed by atoms with E-state index in [2.05, 4.69) is 26.0 Å². The summed E-state index contributed by atoms with van der Waals surface area (Å²) in [6.07, 6.45) is 48.5. The number of hydrogen-bond donors (Lipinski definition) is 1. The van der Waals surface area contributed by atoms with E-state index in [1.54, 1.807) is 0 Å². The van der Waals surface area contributed by atoms with Crippen LogP contribution in [-0.2, 0) is 32.7 Å². The predicted octanol–water partition coefficient (Wildman–Crippen LogP) is 15.3. The van der Waals surface area contributed by atoms with Crippen LogP contribution in [0, 0.1) is 0 Å². The molecule has 362 valence electrons. The van der Waals surface area contributed by atoms with Crippen molar-refractivity contribution in [3.8, 4) is 0 Å². The highest BCUT2D eigenvalue weighted by Gasteiger charge is 2.27. The minimum Gasteiger partial charge on any atom is -0.462 e. The Bertz CT molecular complexity index is 1050. The Morgan fingerprint density at radius 1 is 0.492 bits per heavy atom. The van der Waals surface area contributed by atoms with Gasteiger partial charge in [-0.1, -0.05) is 212 Å². The van der Waals surface area contributed by atoms with Crippen LogP contribution in [0.4, 0.5) is 0 Å². The van der Waals surface area contributed by atoms with Crippen LogP contribution in [-0.4, -0.2) is 74.9 Å². The number of rotatable bonds is 48. The van der Waals surface area contributed by atoms with Crippen molar-refractivity contribution < 1.29 is 42.1 Å². The Hall–Kier alpha value is -1.25. The summed E-state index contributed by atoms with van der Waals surface area (Å²) < 4.78 is 34.4. The molecule has 2 unspecified atom stereocenters. The van der Waals surface area contributed by atoms with Gasteiger partial charge < -0.3 is 18.9 Å². The number of esters is 2. The molecule has 0 aliphatic heterocycles. The van der Waals surface area contributed by atoms with Gasteiger partial charge in [0.15, 0.2) is 6.10 Å². The lowest BCUT2D eigenvalue weighted by Gasteiger charge is -2.24. The summed E-state index contributed by atoms with van der Waals surface area (Å²) in [6.45, 7) is 4.43. The summed E-state index contributed by atoms with van der Waals surface area (Å²) in [6, 6.07) is 0. The minimum atomic E-state index is -4.37. The highest BCUT2D eigenvalue weighted by molar-refractivity contribution is 7.47. The quantitative estimate of drug-likeness (QED) is 0.0212. The van der Waals surface area contributed by atoms with Gasteiger partial charge in [0.05, 0.1) is 27.7 Å². The molecule has 0 saturated carbocycles. The maximum Gasteiger partial charge on any atom is 0.472 e. The van der Waals surface area contributed by atoms with Gasteiger partial charge in [-0.15, -0.1) is 0 Å². The van der Waals surface area contributed by atoms with Gasteiger partial charge in [-0.2, -0.15) is 0 Å². The molecule has 0 aromatic carbocycles. The third kappa shape index (κ3) is 48.1. The summed E-state index contributed by atoms with van der Waals surface area (Å²) in [4.78, 5) is 35.5. The van der Waals surface area contributed by atoms with E-state index in [0.29, 0.717) is 23.9 Å². The Morgan fingerprint density at radius 3 is 1.25 bits per heavy atom. The molecular weight excluding hydrogens is 786 g/mol. The second kappa shape index (κ2) is 44.0. The number of hydrogen-bond acceptors (Lipinski definition) is 7. The van der Waals surface area contributed by atoms with Gasteiger partial charge in [-0.3, -0.25) is 18.6 Å². The summed E-state index contributed by atoms with van der Waals surface area (Å²) in [5.74, 6) is -0.795. The zero-order valence-corrected chi connectivity index (χ0v) is 41.8. The molecular formula is C51H101NO8P+. The Balaban J connectivity index is 4.08. The molecule has 0 aliphatic rings. The van der Waals surface area contributed by atoms with Crippen molar-refractivity contribution >= 4 is 19.8 Å². The van der Waals surface area contributed by atoms with E-state index in [0.717, 1.165) is 51.4 Å². The van der Waals surface area contributed by atoms with Crippen molar-refractivity contribution in [2.24, 2.45) is 0 Å². The van der Waals surface area contributed by atoms with Crippen molar-refractivity contribution in [3.63, 3.8) is 0 Å². The first kappa shape index (κ1) is 59.8. The molecule has 0 saturated heterocycles. The van der Waals surface area contributed by atoms with Crippen molar-refractivity contribution in [1.29, 1.82) is 0 Å². The number of phosphoric ester groups is 1. The smallest absolute Gasteiger partial charge is 0.462 e. The first-order valence-electron chi connectivity index (χ1n) is 25.9. The molecule has 1 N–H and O–H groups in total. The van der Waals surface area contributed by atoms with Crippen molar-refractivity contribution in [2.75, 3.05) is 47.5 Å².